The number of rotatable bonds is 1. The SMILES string of the molecule is c1cc(C2NCCOC23CCCCCCC3)sn1. The van der Waals surface area contributed by atoms with Crippen LogP contribution in [-0.2, 0) is 4.74 Å². The van der Waals surface area contributed by atoms with Gasteiger partial charge in [0.15, 0.2) is 0 Å². The average Bonchev–Trinajstić information content (AvgIpc) is 2.88. The van der Waals surface area contributed by atoms with Crippen LogP contribution in [0.25, 0.3) is 0 Å². The van der Waals surface area contributed by atoms with Gasteiger partial charge in [0.05, 0.1) is 18.2 Å². The third-order valence-corrected chi connectivity index (χ3v) is 5.12. The Morgan fingerprint density at radius 2 is 2.00 bits per heavy atom. The number of morpholine rings is 1. The molecule has 4 heteroatoms. The Labute approximate surface area is 113 Å². The van der Waals surface area contributed by atoms with E-state index in [1.54, 1.807) is 11.5 Å². The Bertz CT molecular complexity index is 358. The molecule has 2 aliphatic rings. The van der Waals surface area contributed by atoms with Crippen molar-refractivity contribution in [1.82, 2.24) is 9.69 Å². The first kappa shape index (κ1) is 12.6. The highest BCUT2D eigenvalue weighted by molar-refractivity contribution is 7.05. The Kier molecular flexibility index (Phi) is 3.97. The molecule has 1 aliphatic heterocycles. The summed E-state index contributed by atoms with van der Waals surface area (Å²) in [5, 5.41) is 3.68. The van der Waals surface area contributed by atoms with Crippen LogP contribution in [0.15, 0.2) is 12.3 Å². The molecule has 1 atom stereocenters. The molecule has 0 aromatic carbocycles. The molecule has 0 bridgehead atoms. The van der Waals surface area contributed by atoms with E-state index in [-0.39, 0.29) is 5.60 Å². The molecule has 1 saturated heterocycles. The number of hydrogen-bond acceptors (Lipinski definition) is 4. The molecule has 1 unspecified atom stereocenters. The molecule has 1 N–H and O–H groups in total. The minimum absolute atomic E-state index is 0.0329. The van der Waals surface area contributed by atoms with Gasteiger partial charge >= 0.3 is 0 Å². The van der Waals surface area contributed by atoms with E-state index in [1.807, 2.05) is 6.20 Å². The number of hydrogen-bond donors (Lipinski definition) is 1. The number of ether oxygens (including phenoxy) is 1. The first-order valence-corrected chi connectivity index (χ1v) is 7.96. The van der Waals surface area contributed by atoms with E-state index in [1.165, 1.54) is 49.8 Å². The molecule has 2 heterocycles. The van der Waals surface area contributed by atoms with E-state index in [9.17, 15) is 0 Å². The van der Waals surface area contributed by atoms with Crippen molar-refractivity contribution in [2.45, 2.75) is 56.6 Å². The standard InChI is InChI=1S/C14H22N2OS/c1-2-4-7-14(8-5-3-1)13(15-10-11-17-14)12-6-9-16-18-12/h6,9,13,15H,1-5,7-8,10-11H2. The third-order valence-electron chi connectivity index (χ3n) is 4.31. The molecule has 18 heavy (non-hydrogen) atoms. The Morgan fingerprint density at radius 1 is 1.22 bits per heavy atom. The summed E-state index contributed by atoms with van der Waals surface area (Å²) >= 11 is 1.62. The van der Waals surface area contributed by atoms with Gasteiger partial charge in [-0.1, -0.05) is 32.1 Å². The molecule has 3 nitrogen and oxygen atoms in total. The van der Waals surface area contributed by atoms with Gasteiger partial charge in [-0.15, -0.1) is 0 Å². The van der Waals surface area contributed by atoms with E-state index in [2.05, 4.69) is 15.8 Å². The molecule has 1 aromatic heterocycles. The fourth-order valence-electron chi connectivity index (χ4n) is 3.40. The quantitative estimate of drug-likeness (QED) is 0.847. The van der Waals surface area contributed by atoms with Gasteiger partial charge in [-0.05, 0) is 30.4 Å². The number of nitrogens with zero attached hydrogens (tertiary/aromatic N) is 1. The summed E-state index contributed by atoms with van der Waals surface area (Å²) in [6, 6.07) is 2.51. The highest BCUT2D eigenvalue weighted by Crippen LogP contribution is 2.42. The lowest BCUT2D eigenvalue weighted by atomic mass is 9.79. The molecule has 0 radical (unpaired) electrons. The predicted molar refractivity (Wildman–Crippen MR) is 73.9 cm³/mol. The Balaban J connectivity index is 1.84. The number of nitrogens with one attached hydrogen (secondary N) is 1. The van der Waals surface area contributed by atoms with Crippen molar-refractivity contribution in [2.75, 3.05) is 13.2 Å². The van der Waals surface area contributed by atoms with Crippen LogP contribution in [0.3, 0.4) is 0 Å². The van der Waals surface area contributed by atoms with E-state index >= 15 is 0 Å². The lowest BCUT2D eigenvalue weighted by Crippen LogP contribution is -2.52. The fourth-order valence-corrected chi connectivity index (χ4v) is 4.17. The Morgan fingerprint density at radius 3 is 2.72 bits per heavy atom. The minimum Gasteiger partial charge on any atom is -0.372 e. The molecule has 1 saturated carbocycles. The molecule has 1 aromatic rings. The van der Waals surface area contributed by atoms with Crippen molar-refractivity contribution in [3.63, 3.8) is 0 Å². The summed E-state index contributed by atoms with van der Waals surface area (Å²) in [5.41, 5.74) is 0.0329. The van der Waals surface area contributed by atoms with Crippen molar-refractivity contribution in [3.8, 4) is 0 Å². The van der Waals surface area contributed by atoms with Gasteiger partial charge in [0.2, 0.25) is 0 Å². The average molecular weight is 266 g/mol. The molecule has 0 amide bonds. The summed E-state index contributed by atoms with van der Waals surface area (Å²) in [6.07, 6.45) is 11.0. The Hall–Kier alpha value is -0.450. The smallest absolute Gasteiger partial charge is 0.0885 e. The lowest BCUT2D eigenvalue weighted by Gasteiger charge is -2.45. The molecular weight excluding hydrogens is 244 g/mol. The predicted octanol–water partition coefficient (Wildman–Crippen LogP) is 3.29. The number of aromatic nitrogens is 1. The van der Waals surface area contributed by atoms with Crippen molar-refractivity contribution in [1.29, 1.82) is 0 Å². The van der Waals surface area contributed by atoms with Crippen LogP contribution in [0, 0.1) is 0 Å². The van der Waals surface area contributed by atoms with Gasteiger partial charge in [0.1, 0.15) is 0 Å². The summed E-state index contributed by atoms with van der Waals surface area (Å²) < 4.78 is 10.6. The monoisotopic (exact) mass is 266 g/mol. The van der Waals surface area contributed by atoms with Crippen LogP contribution in [0.4, 0.5) is 0 Å². The van der Waals surface area contributed by atoms with Crippen LogP contribution in [-0.4, -0.2) is 23.1 Å². The zero-order chi connectivity index (χ0) is 12.3. The van der Waals surface area contributed by atoms with E-state index < -0.39 is 0 Å². The summed E-state index contributed by atoms with van der Waals surface area (Å²) in [4.78, 5) is 1.34. The van der Waals surface area contributed by atoms with Crippen LogP contribution >= 0.6 is 11.5 Å². The van der Waals surface area contributed by atoms with Crippen molar-refractivity contribution < 1.29 is 4.74 Å². The maximum Gasteiger partial charge on any atom is 0.0885 e. The normalized spacial score (nSPS) is 28.8. The van der Waals surface area contributed by atoms with Crippen molar-refractivity contribution >= 4 is 11.5 Å². The van der Waals surface area contributed by atoms with Crippen LogP contribution in [0.2, 0.25) is 0 Å². The van der Waals surface area contributed by atoms with Crippen LogP contribution in [0.5, 0.6) is 0 Å². The van der Waals surface area contributed by atoms with E-state index in [0.29, 0.717) is 6.04 Å². The highest BCUT2D eigenvalue weighted by Gasteiger charge is 2.43. The topological polar surface area (TPSA) is 34.1 Å². The second-order valence-electron chi connectivity index (χ2n) is 5.48. The van der Waals surface area contributed by atoms with Gasteiger partial charge in [0, 0.05) is 17.6 Å². The molecule has 100 valence electrons. The zero-order valence-electron chi connectivity index (χ0n) is 10.9. The van der Waals surface area contributed by atoms with E-state index in [4.69, 9.17) is 4.74 Å². The van der Waals surface area contributed by atoms with Gasteiger partial charge < -0.3 is 10.1 Å². The molecule has 1 aliphatic carbocycles. The van der Waals surface area contributed by atoms with Crippen molar-refractivity contribution in [3.05, 3.63) is 17.1 Å². The third kappa shape index (κ3) is 2.46. The fraction of sp³-hybridized carbons (Fsp3) is 0.786. The van der Waals surface area contributed by atoms with Gasteiger partial charge in [-0.25, -0.2) is 4.37 Å². The maximum atomic E-state index is 6.29. The first-order chi connectivity index (χ1) is 8.91. The minimum atomic E-state index is 0.0329. The molecular formula is C14H22N2OS. The van der Waals surface area contributed by atoms with Crippen LogP contribution in [0.1, 0.15) is 55.9 Å². The summed E-state index contributed by atoms with van der Waals surface area (Å²) in [5.74, 6) is 0. The second kappa shape index (κ2) is 5.68. The summed E-state index contributed by atoms with van der Waals surface area (Å²) in [6.45, 7) is 1.82. The first-order valence-electron chi connectivity index (χ1n) is 7.19. The maximum absolute atomic E-state index is 6.29. The van der Waals surface area contributed by atoms with Gasteiger partial charge in [-0.2, -0.15) is 0 Å². The zero-order valence-corrected chi connectivity index (χ0v) is 11.7. The van der Waals surface area contributed by atoms with Gasteiger partial charge in [-0.3, -0.25) is 0 Å². The van der Waals surface area contributed by atoms with Crippen molar-refractivity contribution in [2.24, 2.45) is 0 Å². The van der Waals surface area contributed by atoms with Crippen LogP contribution < -0.4 is 5.32 Å². The molecule has 1 spiro atoms. The summed E-state index contributed by atoms with van der Waals surface area (Å²) in [7, 11) is 0. The van der Waals surface area contributed by atoms with Gasteiger partial charge in [0.25, 0.3) is 0 Å². The second-order valence-corrected chi connectivity index (χ2v) is 6.35. The highest BCUT2D eigenvalue weighted by atomic mass is 32.1. The lowest BCUT2D eigenvalue weighted by molar-refractivity contribution is -0.112. The molecule has 2 fully saturated rings. The molecule has 3 rings (SSSR count). The van der Waals surface area contributed by atoms with E-state index in [0.717, 1.165) is 13.2 Å². The largest absolute Gasteiger partial charge is 0.372 e.